The van der Waals surface area contributed by atoms with Gasteiger partial charge in [0.05, 0.1) is 0 Å². The van der Waals surface area contributed by atoms with Crippen LogP contribution in [0, 0.1) is 12.3 Å². The van der Waals surface area contributed by atoms with Gasteiger partial charge in [-0.1, -0.05) is 37.2 Å². The number of hydrogen-bond acceptors (Lipinski definition) is 1. The van der Waals surface area contributed by atoms with Crippen molar-refractivity contribution < 1.29 is 4.58 Å². The Labute approximate surface area is 181 Å². The molecule has 30 heavy (non-hydrogen) atoms. The van der Waals surface area contributed by atoms with Crippen molar-refractivity contribution in [2.75, 3.05) is 33.1 Å². The van der Waals surface area contributed by atoms with Gasteiger partial charge >= 0.3 is 0 Å². The van der Waals surface area contributed by atoms with Gasteiger partial charge in [-0.05, 0) is 63.0 Å². The van der Waals surface area contributed by atoms with Crippen LogP contribution in [0.15, 0.2) is 71.5 Å². The van der Waals surface area contributed by atoms with E-state index in [-0.39, 0.29) is 0 Å². The average molecular weight is 410 g/mol. The summed E-state index contributed by atoms with van der Waals surface area (Å²) in [6.45, 7) is 4.95. The van der Waals surface area contributed by atoms with Gasteiger partial charge in [0.1, 0.15) is 22.2 Å². The van der Waals surface area contributed by atoms with Gasteiger partial charge in [-0.25, -0.2) is 4.58 Å². The lowest BCUT2D eigenvalue weighted by molar-refractivity contribution is -0.462. The van der Waals surface area contributed by atoms with Crippen LogP contribution in [0.2, 0.25) is 13.1 Å². The minimum Gasteiger partial charge on any atom is -0.378 e. The van der Waals surface area contributed by atoms with Crippen molar-refractivity contribution in [2.45, 2.75) is 13.1 Å². The first kappa shape index (κ1) is 20.2. The molecule has 4 rings (SSSR count). The topological polar surface area (TPSA) is 6.25 Å². The molecule has 1 aliphatic heterocycles. The predicted molar refractivity (Wildman–Crippen MR) is 133 cm³/mol. The first-order valence-electron chi connectivity index (χ1n) is 10.3. The number of terminal acetylenes is 1. The number of hydrogen-bond donors (Lipinski definition) is 0. The maximum atomic E-state index is 5.60. The highest BCUT2D eigenvalue weighted by Crippen LogP contribution is 2.41. The lowest BCUT2D eigenvalue weighted by atomic mass is 9.89. The summed E-state index contributed by atoms with van der Waals surface area (Å²) in [6, 6.07) is 15.4. The fourth-order valence-electron chi connectivity index (χ4n) is 4.43. The van der Waals surface area contributed by atoms with Gasteiger partial charge in [0.15, 0.2) is 5.71 Å². The predicted octanol–water partition coefficient (Wildman–Crippen LogP) is 4.21. The molecule has 1 heterocycles. The number of benzene rings is 2. The van der Waals surface area contributed by atoms with E-state index in [1.165, 1.54) is 44.1 Å². The summed E-state index contributed by atoms with van der Waals surface area (Å²) >= 11 is 0. The van der Waals surface area contributed by atoms with E-state index in [1.807, 2.05) is 12.1 Å². The molecular formula is C27H29N2Si+. The van der Waals surface area contributed by atoms with E-state index in [1.54, 1.807) is 0 Å². The Morgan fingerprint density at radius 2 is 1.67 bits per heavy atom. The van der Waals surface area contributed by atoms with E-state index in [9.17, 15) is 0 Å². The van der Waals surface area contributed by atoms with Crippen LogP contribution in [0.1, 0.15) is 16.7 Å². The normalized spacial score (nSPS) is 16.4. The zero-order valence-corrected chi connectivity index (χ0v) is 19.7. The smallest absolute Gasteiger partial charge is 0.199 e. The Morgan fingerprint density at radius 1 is 0.967 bits per heavy atom. The molecule has 1 aliphatic carbocycles. The van der Waals surface area contributed by atoms with Crippen molar-refractivity contribution in [2.24, 2.45) is 0 Å². The molecular weight excluding hydrogens is 380 g/mol. The van der Waals surface area contributed by atoms with Crippen LogP contribution < -0.4 is 10.1 Å². The Balaban J connectivity index is 2.06. The van der Waals surface area contributed by atoms with Crippen molar-refractivity contribution in [3.8, 4) is 12.3 Å². The first-order chi connectivity index (χ1) is 14.2. The van der Waals surface area contributed by atoms with E-state index in [0.717, 1.165) is 5.56 Å². The highest BCUT2D eigenvalue weighted by atomic mass is 28.3. The van der Waals surface area contributed by atoms with Gasteiger partial charge in [0.2, 0.25) is 0 Å². The van der Waals surface area contributed by atoms with Crippen LogP contribution in [0.4, 0.5) is 5.69 Å². The fraction of sp³-hybridized carbons (Fsp3) is 0.222. The van der Waals surface area contributed by atoms with E-state index in [2.05, 4.69) is 105 Å². The number of rotatable bonds is 2. The van der Waals surface area contributed by atoms with Crippen LogP contribution in [0.25, 0.3) is 5.57 Å². The van der Waals surface area contributed by atoms with Crippen molar-refractivity contribution in [3.05, 3.63) is 88.2 Å². The maximum absolute atomic E-state index is 5.60. The number of nitrogens with zero attached hydrogens (tertiary/aromatic N) is 2. The number of anilines is 1. The zero-order valence-electron chi connectivity index (χ0n) is 18.7. The molecule has 0 saturated heterocycles. The second-order valence-corrected chi connectivity index (χ2v) is 13.3. The molecule has 2 aromatic carbocycles. The van der Waals surface area contributed by atoms with Crippen LogP contribution in [0.5, 0.6) is 0 Å². The summed E-state index contributed by atoms with van der Waals surface area (Å²) in [5.74, 6) is 2.73. The van der Waals surface area contributed by atoms with E-state index < -0.39 is 8.07 Å². The largest absolute Gasteiger partial charge is 0.378 e. The SMILES string of the molecule is C#Cc1ccc(C2=C3C=CC(=[N+](C)C)C=C3[Si](C)(C)c3cc(N(C)C)ccc32)cc1. The van der Waals surface area contributed by atoms with Crippen LogP contribution in [0.3, 0.4) is 0 Å². The van der Waals surface area contributed by atoms with Gasteiger partial charge in [-0.2, -0.15) is 0 Å². The Morgan fingerprint density at radius 3 is 2.27 bits per heavy atom. The third-order valence-electron chi connectivity index (χ3n) is 6.26. The fourth-order valence-corrected chi connectivity index (χ4v) is 7.50. The summed E-state index contributed by atoms with van der Waals surface area (Å²) in [5.41, 5.74) is 8.66. The molecule has 0 saturated carbocycles. The van der Waals surface area contributed by atoms with Crippen molar-refractivity contribution in [1.29, 1.82) is 0 Å². The van der Waals surface area contributed by atoms with Gasteiger partial charge in [0, 0.05) is 37.5 Å². The molecule has 150 valence electrons. The Bertz CT molecular complexity index is 1190. The van der Waals surface area contributed by atoms with Gasteiger partial charge in [0.25, 0.3) is 0 Å². The van der Waals surface area contributed by atoms with Crippen molar-refractivity contribution in [1.82, 2.24) is 0 Å². The molecule has 0 bridgehead atoms. The summed E-state index contributed by atoms with van der Waals surface area (Å²) in [6.07, 6.45) is 12.5. The highest BCUT2D eigenvalue weighted by Gasteiger charge is 2.40. The molecule has 0 atom stereocenters. The van der Waals surface area contributed by atoms with E-state index in [0.29, 0.717) is 0 Å². The van der Waals surface area contributed by atoms with E-state index >= 15 is 0 Å². The standard InChI is InChI=1S/C27H29N2Si/c1-8-19-9-11-20(12-10-19)27-23-15-13-21(28(2)3)17-25(23)30(6,7)26-18-22(29(4)5)14-16-24(26)27/h1,9-18H,2-7H3/q+1. The molecule has 0 amide bonds. The maximum Gasteiger partial charge on any atom is 0.199 e. The van der Waals surface area contributed by atoms with Gasteiger partial charge in [-0.15, -0.1) is 6.42 Å². The molecule has 2 aromatic rings. The van der Waals surface area contributed by atoms with Crippen LogP contribution >= 0.6 is 0 Å². The summed E-state index contributed by atoms with van der Waals surface area (Å²) in [7, 11) is 6.56. The summed E-state index contributed by atoms with van der Waals surface area (Å²) < 4.78 is 2.19. The molecule has 0 N–H and O–H groups in total. The van der Waals surface area contributed by atoms with Crippen molar-refractivity contribution >= 4 is 30.2 Å². The Kier molecular flexibility index (Phi) is 4.92. The van der Waals surface area contributed by atoms with Crippen LogP contribution in [-0.4, -0.2) is 46.6 Å². The molecule has 3 heteroatoms. The summed E-state index contributed by atoms with van der Waals surface area (Å²) in [5, 5.41) is 2.99. The lowest BCUT2D eigenvalue weighted by Crippen LogP contribution is -2.49. The van der Waals surface area contributed by atoms with Crippen LogP contribution in [-0.2, 0) is 0 Å². The lowest BCUT2D eigenvalue weighted by Gasteiger charge is -2.38. The average Bonchev–Trinajstić information content (AvgIpc) is 2.74. The second-order valence-electron chi connectivity index (χ2n) is 8.97. The molecule has 0 unspecified atom stereocenters. The minimum atomic E-state index is -1.89. The van der Waals surface area contributed by atoms with Gasteiger partial charge in [-0.3, -0.25) is 0 Å². The third kappa shape index (κ3) is 3.18. The third-order valence-corrected chi connectivity index (χ3v) is 9.79. The summed E-state index contributed by atoms with van der Waals surface area (Å²) in [4.78, 5) is 2.19. The molecule has 2 nitrogen and oxygen atoms in total. The van der Waals surface area contributed by atoms with Gasteiger partial charge < -0.3 is 4.90 Å². The Hall–Kier alpha value is -3.09. The molecule has 0 aromatic heterocycles. The molecule has 0 fully saturated rings. The minimum absolute atomic E-state index is 0.913. The zero-order chi connectivity index (χ0) is 21.6. The number of allylic oxidation sites excluding steroid dienone is 5. The highest BCUT2D eigenvalue weighted by molar-refractivity contribution is 6.98. The van der Waals surface area contributed by atoms with Crippen molar-refractivity contribution in [3.63, 3.8) is 0 Å². The van der Waals surface area contributed by atoms with E-state index in [4.69, 9.17) is 6.42 Å². The molecule has 2 aliphatic rings. The number of fused-ring (bicyclic) bond motifs is 2. The monoisotopic (exact) mass is 409 g/mol. The molecule has 0 spiro atoms. The second kappa shape index (κ2) is 7.30. The first-order valence-corrected chi connectivity index (χ1v) is 13.3. The quantitative estimate of drug-likeness (QED) is 0.409. The molecule has 0 radical (unpaired) electrons.